The molecule has 0 N–H and O–H groups in total. The maximum absolute atomic E-state index is 10.6. The van der Waals surface area contributed by atoms with Gasteiger partial charge in [0.2, 0.25) is 0 Å². The summed E-state index contributed by atoms with van der Waals surface area (Å²) in [6, 6.07) is 9.75. The van der Waals surface area contributed by atoms with Gasteiger partial charge >= 0.3 is 0 Å². The second kappa shape index (κ2) is 7.14. The van der Waals surface area contributed by atoms with Gasteiger partial charge in [0.15, 0.2) is 0 Å². The van der Waals surface area contributed by atoms with Crippen molar-refractivity contribution >= 4 is 5.78 Å². The Morgan fingerprint density at radius 1 is 1.25 bits per heavy atom. The van der Waals surface area contributed by atoms with Gasteiger partial charge in [-0.15, -0.1) is 0 Å². The van der Waals surface area contributed by atoms with Gasteiger partial charge in [-0.2, -0.15) is 0 Å². The number of rotatable bonds is 2. The first kappa shape index (κ1) is 14.0. The summed E-state index contributed by atoms with van der Waals surface area (Å²) in [5.41, 5.74) is 1.09. The van der Waals surface area contributed by atoms with Crippen LogP contribution in [0.2, 0.25) is 0 Å². The van der Waals surface area contributed by atoms with Crippen molar-refractivity contribution < 1.29 is 23.4 Å². The zero-order valence-corrected chi connectivity index (χ0v) is 8.85. The Balaban J connectivity index is 0. The van der Waals surface area contributed by atoms with Crippen LogP contribution in [-0.2, 0) is 29.8 Å². The normalized spacial score (nSPS) is 7.75. The molecule has 65 valence electrons. The summed E-state index contributed by atoms with van der Waals surface area (Å²) in [5, 5.41) is 0. The molecule has 0 aliphatic rings. The van der Waals surface area contributed by atoms with E-state index in [-0.39, 0.29) is 31.8 Å². The molecule has 0 aliphatic heterocycles. The quantitative estimate of drug-likeness (QED) is 0.669. The van der Waals surface area contributed by atoms with Gasteiger partial charge in [-0.25, -0.2) is 0 Å². The summed E-state index contributed by atoms with van der Waals surface area (Å²) in [7, 11) is 0. The number of ketones is 1. The standard InChI is InChI=1S/C9H10O.CH3.V/c1-8(10)7-9-5-3-2-4-6-9;;/h2-6H,7H2,1H3;1H3;/q;-1;. The average molecular weight is 200 g/mol. The van der Waals surface area contributed by atoms with Crippen molar-refractivity contribution in [2.24, 2.45) is 0 Å². The van der Waals surface area contributed by atoms with Crippen LogP contribution in [0.5, 0.6) is 0 Å². The molecular formula is C10H13OV-. The predicted octanol–water partition coefficient (Wildman–Crippen LogP) is 2.27. The van der Waals surface area contributed by atoms with Crippen molar-refractivity contribution in [3.63, 3.8) is 0 Å². The van der Waals surface area contributed by atoms with Crippen LogP contribution in [0.4, 0.5) is 0 Å². The molecule has 0 bridgehead atoms. The summed E-state index contributed by atoms with van der Waals surface area (Å²) < 4.78 is 0. The predicted molar refractivity (Wildman–Crippen MR) is 47.2 cm³/mol. The van der Waals surface area contributed by atoms with Crippen molar-refractivity contribution in [1.29, 1.82) is 0 Å². The van der Waals surface area contributed by atoms with E-state index in [1.54, 1.807) is 6.92 Å². The molecule has 1 rings (SSSR count). The van der Waals surface area contributed by atoms with E-state index in [2.05, 4.69) is 0 Å². The third-order valence-electron chi connectivity index (χ3n) is 1.30. The molecule has 1 nitrogen and oxygen atoms in total. The Morgan fingerprint density at radius 2 is 1.75 bits per heavy atom. The topological polar surface area (TPSA) is 17.1 Å². The molecule has 0 spiro atoms. The fourth-order valence-corrected chi connectivity index (χ4v) is 0.883. The van der Waals surface area contributed by atoms with E-state index in [0.717, 1.165) is 5.56 Å². The second-order valence-electron chi connectivity index (χ2n) is 2.36. The zero-order chi connectivity index (χ0) is 7.40. The van der Waals surface area contributed by atoms with Crippen molar-refractivity contribution in [1.82, 2.24) is 0 Å². The third kappa shape index (κ3) is 5.17. The second-order valence-corrected chi connectivity index (χ2v) is 2.36. The number of hydrogen-bond donors (Lipinski definition) is 0. The van der Waals surface area contributed by atoms with E-state index < -0.39 is 0 Å². The van der Waals surface area contributed by atoms with Gasteiger partial charge in [-0.05, 0) is 12.5 Å². The van der Waals surface area contributed by atoms with Crippen LogP contribution in [0, 0.1) is 7.43 Å². The van der Waals surface area contributed by atoms with Crippen molar-refractivity contribution in [2.45, 2.75) is 13.3 Å². The summed E-state index contributed by atoms with van der Waals surface area (Å²) in [6.45, 7) is 1.60. The number of carbonyl (C=O) groups excluding carboxylic acids is 1. The Morgan fingerprint density at radius 3 is 2.17 bits per heavy atom. The van der Waals surface area contributed by atoms with Crippen molar-refractivity contribution in [3.05, 3.63) is 43.3 Å². The minimum atomic E-state index is 0. The first-order chi connectivity index (χ1) is 4.79. The Kier molecular flexibility index (Phi) is 8.35. The smallest absolute Gasteiger partial charge is 0.134 e. The Hall–Kier alpha value is -0.526. The monoisotopic (exact) mass is 200 g/mol. The van der Waals surface area contributed by atoms with Crippen molar-refractivity contribution in [3.8, 4) is 0 Å². The van der Waals surface area contributed by atoms with Gasteiger partial charge < -0.3 is 7.43 Å². The van der Waals surface area contributed by atoms with Crippen LogP contribution >= 0.6 is 0 Å². The summed E-state index contributed by atoms with van der Waals surface area (Å²) >= 11 is 0. The van der Waals surface area contributed by atoms with Gasteiger partial charge in [-0.3, -0.25) is 4.79 Å². The van der Waals surface area contributed by atoms with Crippen LogP contribution in [0.3, 0.4) is 0 Å². The van der Waals surface area contributed by atoms with Gasteiger partial charge in [0.25, 0.3) is 0 Å². The Bertz CT molecular complexity index is 219. The van der Waals surface area contributed by atoms with E-state index in [1.807, 2.05) is 30.3 Å². The molecule has 2 heteroatoms. The van der Waals surface area contributed by atoms with Crippen molar-refractivity contribution in [2.75, 3.05) is 0 Å². The first-order valence-electron chi connectivity index (χ1n) is 3.32. The molecule has 1 radical (unpaired) electrons. The molecule has 0 unspecified atom stereocenters. The molecule has 0 fully saturated rings. The molecule has 0 heterocycles. The molecule has 1 aromatic carbocycles. The number of carbonyl (C=O) groups is 1. The van der Waals surface area contributed by atoms with Gasteiger partial charge in [-0.1, -0.05) is 30.3 Å². The minimum absolute atomic E-state index is 0. The van der Waals surface area contributed by atoms with Gasteiger partial charge in [0.1, 0.15) is 5.78 Å². The van der Waals surface area contributed by atoms with E-state index in [1.165, 1.54) is 0 Å². The van der Waals surface area contributed by atoms with E-state index >= 15 is 0 Å². The van der Waals surface area contributed by atoms with Crippen LogP contribution in [0.15, 0.2) is 30.3 Å². The number of Topliss-reactive ketones (excluding diaryl/α,β-unsaturated/α-hetero) is 1. The molecule has 0 saturated carbocycles. The molecule has 0 aliphatic carbocycles. The summed E-state index contributed by atoms with van der Waals surface area (Å²) in [5.74, 6) is 0.214. The first-order valence-corrected chi connectivity index (χ1v) is 3.32. The molecular weight excluding hydrogens is 187 g/mol. The van der Waals surface area contributed by atoms with E-state index in [4.69, 9.17) is 0 Å². The zero-order valence-electron chi connectivity index (χ0n) is 7.45. The van der Waals surface area contributed by atoms with E-state index in [0.29, 0.717) is 6.42 Å². The number of benzene rings is 1. The fourth-order valence-electron chi connectivity index (χ4n) is 0.883. The number of hydrogen-bond acceptors (Lipinski definition) is 1. The molecule has 0 aromatic heterocycles. The molecule has 0 saturated heterocycles. The fraction of sp³-hybridized carbons (Fsp3) is 0.200. The molecule has 1 aromatic rings. The van der Waals surface area contributed by atoms with Crippen LogP contribution < -0.4 is 0 Å². The van der Waals surface area contributed by atoms with Crippen LogP contribution in [-0.4, -0.2) is 5.78 Å². The third-order valence-corrected chi connectivity index (χ3v) is 1.30. The summed E-state index contributed by atoms with van der Waals surface area (Å²) in [6.07, 6.45) is 0.556. The maximum Gasteiger partial charge on any atom is 0.134 e. The SMILES string of the molecule is CC(=O)Cc1ccccc1.[CH3-].[V]. The minimum Gasteiger partial charge on any atom is -0.358 e. The van der Waals surface area contributed by atoms with Gasteiger partial charge in [0, 0.05) is 25.0 Å². The largest absolute Gasteiger partial charge is 0.358 e. The summed E-state index contributed by atoms with van der Waals surface area (Å²) in [4.78, 5) is 10.6. The average Bonchev–Trinajstić information content (AvgIpc) is 1.88. The van der Waals surface area contributed by atoms with Crippen LogP contribution in [0.1, 0.15) is 12.5 Å². The molecule has 0 amide bonds. The van der Waals surface area contributed by atoms with Gasteiger partial charge in [0.05, 0.1) is 0 Å². The van der Waals surface area contributed by atoms with Crippen LogP contribution in [0.25, 0.3) is 0 Å². The maximum atomic E-state index is 10.6. The van der Waals surface area contributed by atoms with E-state index in [9.17, 15) is 4.79 Å². The Labute approximate surface area is 86.1 Å². The molecule has 0 atom stereocenters. The molecule has 12 heavy (non-hydrogen) atoms.